The van der Waals surface area contributed by atoms with E-state index in [1.807, 2.05) is 6.92 Å². The fourth-order valence-corrected chi connectivity index (χ4v) is 0.916. The summed E-state index contributed by atoms with van der Waals surface area (Å²) in [7, 11) is 0. The topological polar surface area (TPSA) is 69.8 Å². The third-order valence-electron chi connectivity index (χ3n) is 1.58. The first-order chi connectivity index (χ1) is 6.34. The molecule has 0 bridgehead atoms. The fourth-order valence-electron chi connectivity index (χ4n) is 0.916. The molecular weight excluding hydrogens is 168 g/mol. The van der Waals surface area contributed by atoms with Gasteiger partial charge in [0.1, 0.15) is 5.69 Å². The van der Waals surface area contributed by atoms with Crippen molar-refractivity contribution in [2.24, 2.45) is 0 Å². The van der Waals surface area contributed by atoms with Crippen LogP contribution in [0.4, 0.5) is 0 Å². The van der Waals surface area contributed by atoms with Gasteiger partial charge in [0.2, 0.25) is 0 Å². The average Bonchev–Trinajstić information content (AvgIpc) is 2.65. The molecule has 0 fully saturated rings. The summed E-state index contributed by atoms with van der Waals surface area (Å²) < 4.78 is 0. The van der Waals surface area contributed by atoms with Crippen molar-refractivity contribution < 1.29 is 4.79 Å². The van der Waals surface area contributed by atoms with Crippen molar-refractivity contribution in [1.82, 2.24) is 20.6 Å². The molecule has 0 atom stereocenters. The van der Waals surface area contributed by atoms with Gasteiger partial charge < -0.3 is 15.6 Å². The molecule has 1 heterocycles. The number of amides is 1. The van der Waals surface area contributed by atoms with Gasteiger partial charge in [0.25, 0.3) is 5.91 Å². The third-order valence-corrected chi connectivity index (χ3v) is 1.58. The smallest absolute Gasteiger partial charge is 0.269 e. The van der Waals surface area contributed by atoms with Crippen molar-refractivity contribution in [3.63, 3.8) is 0 Å². The van der Waals surface area contributed by atoms with E-state index in [9.17, 15) is 4.79 Å². The SMILES string of the molecule is CCNCCNC(=O)c1cnc[nH]1. The Morgan fingerprint density at radius 1 is 1.62 bits per heavy atom. The van der Waals surface area contributed by atoms with Gasteiger partial charge in [0.05, 0.1) is 12.5 Å². The Morgan fingerprint density at radius 2 is 2.46 bits per heavy atom. The van der Waals surface area contributed by atoms with Gasteiger partial charge in [-0.05, 0) is 6.54 Å². The normalized spacial score (nSPS) is 9.92. The first kappa shape index (κ1) is 9.73. The van der Waals surface area contributed by atoms with Crippen molar-refractivity contribution in [2.45, 2.75) is 6.92 Å². The standard InChI is InChI=1S/C8H14N4O/c1-2-9-3-4-11-8(13)7-5-10-6-12-7/h5-6,9H,2-4H2,1H3,(H,10,12)(H,11,13). The number of nitrogens with zero attached hydrogens (tertiary/aromatic N) is 1. The second-order valence-corrected chi connectivity index (χ2v) is 2.57. The molecule has 3 N–H and O–H groups in total. The summed E-state index contributed by atoms with van der Waals surface area (Å²) in [5, 5.41) is 5.86. The van der Waals surface area contributed by atoms with E-state index >= 15 is 0 Å². The van der Waals surface area contributed by atoms with E-state index < -0.39 is 0 Å². The molecule has 5 nitrogen and oxygen atoms in total. The number of hydrogen-bond acceptors (Lipinski definition) is 3. The summed E-state index contributed by atoms with van der Waals surface area (Å²) in [4.78, 5) is 17.7. The minimum absolute atomic E-state index is 0.115. The Morgan fingerprint density at radius 3 is 3.08 bits per heavy atom. The van der Waals surface area contributed by atoms with E-state index in [0.29, 0.717) is 12.2 Å². The molecule has 0 aromatic carbocycles. The molecule has 13 heavy (non-hydrogen) atoms. The highest BCUT2D eigenvalue weighted by molar-refractivity contribution is 5.91. The molecule has 72 valence electrons. The highest BCUT2D eigenvalue weighted by Gasteiger charge is 2.03. The van der Waals surface area contributed by atoms with E-state index in [4.69, 9.17) is 0 Å². The van der Waals surface area contributed by atoms with Gasteiger partial charge in [0.15, 0.2) is 0 Å². The number of nitrogens with one attached hydrogen (secondary N) is 3. The first-order valence-corrected chi connectivity index (χ1v) is 4.32. The monoisotopic (exact) mass is 182 g/mol. The molecule has 1 rings (SSSR count). The van der Waals surface area contributed by atoms with Crippen LogP contribution in [0.3, 0.4) is 0 Å². The number of imidazole rings is 1. The van der Waals surface area contributed by atoms with E-state index in [1.54, 1.807) is 0 Å². The fraction of sp³-hybridized carbons (Fsp3) is 0.500. The van der Waals surface area contributed by atoms with Crippen LogP contribution in [0.25, 0.3) is 0 Å². The molecule has 0 aliphatic heterocycles. The Labute approximate surface area is 76.9 Å². The number of rotatable bonds is 5. The predicted octanol–water partition coefficient (Wildman–Crippen LogP) is -0.251. The molecule has 1 amide bonds. The minimum Gasteiger partial charge on any atom is -0.349 e. The number of carbonyl (C=O) groups excluding carboxylic acids is 1. The quantitative estimate of drug-likeness (QED) is 0.550. The number of aromatic amines is 1. The van der Waals surface area contributed by atoms with Crippen LogP contribution in [0.15, 0.2) is 12.5 Å². The molecule has 0 radical (unpaired) electrons. The van der Waals surface area contributed by atoms with Crippen LogP contribution in [-0.4, -0.2) is 35.5 Å². The lowest BCUT2D eigenvalue weighted by molar-refractivity contribution is 0.0949. The summed E-state index contributed by atoms with van der Waals surface area (Å²) in [6, 6.07) is 0. The van der Waals surface area contributed by atoms with Gasteiger partial charge in [-0.3, -0.25) is 4.79 Å². The van der Waals surface area contributed by atoms with Gasteiger partial charge in [-0.2, -0.15) is 0 Å². The van der Waals surface area contributed by atoms with E-state index in [2.05, 4.69) is 20.6 Å². The largest absolute Gasteiger partial charge is 0.349 e. The molecule has 0 saturated carbocycles. The summed E-state index contributed by atoms with van der Waals surface area (Å²) in [5.74, 6) is -0.115. The summed E-state index contributed by atoms with van der Waals surface area (Å²) >= 11 is 0. The maximum Gasteiger partial charge on any atom is 0.269 e. The molecule has 1 aromatic heterocycles. The second-order valence-electron chi connectivity index (χ2n) is 2.57. The average molecular weight is 182 g/mol. The van der Waals surface area contributed by atoms with Crippen LogP contribution < -0.4 is 10.6 Å². The van der Waals surface area contributed by atoms with Crippen molar-refractivity contribution in [3.05, 3.63) is 18.2 Å². The zero-order valence-corrected chi connectivity index (χ0v) is 7.63. The van der Waals surface area contributed by atoms with Crippen LogP contribution in [0.5, 0.6) is 0 Å². The number of aromatic nitrogens is 2. The minimum atomic E-state index is -0.115. The van der Waals surface area contributed by atoms with Crippen LogP contribution >= 0.6 is 0 Å². The molecule has 0 aliphatic carbocycles. The van der Waals surface area contributed by atoms with Gasteiger partial charge in [-0.1, -0.05) is 6.92 Å². The third kappa shape index (κ3) is 3.25. The lowest BCUT2D eigenvalue weighted by Crippen LogP contribution is -2.31. The lowest BCUT2D eigenvalue weighted by atomic mass is 10.4. The number of likely N-dealkylation sites (N-methyl/N-ethyl adjacent to an activating group) is 1. The van der Waals surface area contributed by atoms with Crippen molar-refractivity contribution in [3.8, 4) is 0 Å². The van der Waals surface area contributed by atoms with Crippen molar-refractivity contribution >= 4 is 5.91 Å². The molecular formula is C8H14N4O. The van der Waals surface area contributed by atoms with Gasteiger partial charge in [0, 0.05) is 13.1 Å². The van der Waals surface area contributed by atoms with Crippen LogP contribution in [0.2, 0.25) is 0 Å². The van der Waals surface area contributed by atoms with E-state index in [0.717, 1.165) is 13.1 Å². The summed E-state index contributed by atoms with van der Waals surface area (Å²) in [6.07, 6.45) is 2.99. The maximum absolute atomic E-state index is 11.3. The van der Waals surface area contributed by atoms with Gasteiger partial charge >= 0.3 is 0 Å². The Bertz CT molecular complexity index is 245. The lowest BCUT2D eigenvalue weighted by Gasteiger charge is -2.03. The van der Waals surface area contributed by atoms with Crippen LogP contribution in [0, 0.1) is 0 Å². The van der Waals surface area contributed by atoms with Gasteiger partial charge in [-0.25, -0.2) is 4.98 Å². The second kappa shape index (κ2) is 5.31. The number of carbonyl (C=O) groups is 1. The predicted molar refractivity (Wildman–Crippen MR) is 49.5 cm³/mol. The van der Waals surface area contributed by atoms with Crippen molar-refractivity contribution in [1.29, 1.82) is 0 Å². The van der Waals surface area contributed by atoms with Crippen LogP contribution in [0.1, 0.15) is 17.4 Å². The zero-order valence-electron chi connectivity index (χ0n) is 7.63. The molecule has 0 spiro atoms. The molecule has 1 aromatic rings. The highest BCUT2D eigenvalue weighted by Crippen LogP contribution is 1.88. The molecule has 0 aliphatic rings. The van der Waals surface area contributed by atoms with Crippen LogP contribution in [-0.2, 0) is 0 Å². The molecule has 0 unspecified atom stereocenters. The molecule has 0 saturated heterocycles. The zero-order chi connectivity index (χ0) is 9.52. The summed E-state index contributed by atoms with van der Waals surface area (Å²) in [5.41, 5.74) is 0.497. The number of hydrogen-bond donors (Lipinski definition) is 3. The van der Waals surface area contributed by atoms with E-state index in [1.165, 1.54) is 12.5 Å². The highest BCUT2D eigenvalue weighted by atomic mass is 16.1. The summed E-state index contributed by atoms with van der Waals surface area (Å²) in [6.45, 7) is 4.36. The number of H-pyrrole nitrogens is 1. The maximum atomic E-state index is 11.3. The Kier molecular flexibility index (Phi) is 3.98. The van der Waals surface area contributed by atoms with Gasteiger partial charge in [-0.15, -0.1) is 0 Å². The Hall–Kier alpha value is -1.36. The Balaban J connectivity index is 2.19. The molecule has 5 heteroatoms. The first-order valence-electron chi connectivity index (χ1n) is 4.32. The van der Waals surface area contributed by atoms with Crippen molar-refractivity contribution in [2.75, 3.05) is 19.6 Å². The van der Waals surface area contributed by atoms with E-state index in [-0.39, 0.29) is 5.91 Å².